The van der Waals surface area contributed by atoms with Crippen LogP contribution in [0.2, 0.25) is 0 Å². The second-order valence-corrected chi connectivity index (χ2v) is 4.28. The largest absolute Gasteiger partial charge is 0.316 e. The first-order chi connectivity index (χ1) is 6.75. The first-order valence-electron chi connectivity index (χ1n) is 5.28. The van der Waals surface area contributed by atoms with Crippen molar-refractivity contribution in [2.75, 3.05) is 13.1 Å². The molecule has 0 saturated carbocycles. The highest BCUT2D eigenvalue weighted by Crippen LogP contribution is 2.13. The van der Waals surface area contributed by atoms with Gasteiger partial charge in [0, 0.05) is 18.3 Å². The Morgan fingerprint density at radius 3 is 2.86 bits per heavy atom. The summed E-state index contributed by atoms with van der Waals surface area (Å²) in [6.07, 6.45) is 2.90. The van der Waals surface area contributed by atoms with Crippen molar-refractivity contribution in [3.8, 4) is 0 Å². The summed E-state index contributed by atoms with van der Waals surface area (Å²) in [5.74, 6) is 2.25. The van der Waals surface area contributed by atoms with E-state index in [9.17, 15) is 0 Å². The van der Waals surface area contributed by atoms with Crippen LogP contribution in [0.1, 0.15) is 31.3 Å². The van der Waals surface area contributed by atoms with Crippen molar-refractivity contribution in [1.29, 1.82) is 0 Å². The molecule has 2 heterocycles. The Kier molecular flexibility index (Phi) is 2.77. The topological polar surface area (TPSA) is 37.8 Å². The molecule has 0 atom stereocenters. The Hall–Kier alpha value is -0.960. The summed E-state index contributed by atoms with van der Waals surface area (Å²) in [7, 11) is 0. The highest BCUT2D eigenvalue weighted by molar-refractivity contribution is 5.07. The van der Waals surface area contributed by atoms with E-state index in [0.29, 0.717) is 5.92 Å². The monoisotopic (exact) mass is 191 g/mol. The standard InChI is InChI=1S/C11H17N3/c1-8(2)10-3-4-13-11(14-10)5-9-6-12-7-9/h3-4,8-9,12H,5-7H2,1-2H3. The molecule has 1 aromatic heterocycles. The lowest BCUT2D eigenvalue weighted by Gasteiger charge is -2.26. The first-order valence-corrected chi connectivity index (χ1v) is 5.28. The molecule has 1 fully saturated rings. The van der Waals surface area contributed by atoms with Crippen LogP contribution in [-0.2, 0) is 6.42 Å². The number of nitrogens with one attached hydrogen (secondary N) is 1. The van der Waals surface area contributed by atoms with E-state index >= 15 is 0 Å². The molecule has 0 radical (unpaired) electrons. The van der Waals surface area contributed by atoms with Gasteiger partial charge in [0.2, 0.25) is 0 Å². The molecule has 1 aromatic rings. The lowest BCUT2D eigenvalue weighted by Crippen LogP contribution is -2.43. The third-order valence-electron chi connectivity index (χ3n) is 2.66. The van der Waals surface area contributed by atoms with E-state index in [4.69, 9.17) is 0 Å². The second kappa shape index (κ2) is 4.05. The fourth-order valence-corrected chi connectivity index (χ4v) is 1.59. The van der Waals surface area contributed by atoms with Gasteiger partial charge in [-0.2, -0.15) is 0 Å². The van der Waals surface area contributed by atoms with E-state index in [1.807, 2.05) is 12.3 Å². The molecule has 0 unspecified atom stereocenters. The van der Waals surface area contributed by atoms with Crippen LogP contribution in [0.15, 0.2) is 12.3 Å². The zero-order valence-corrected chi connectivity index (χ0v) is 8.83. The molecule has 76 valence electrons. The fourth-order valence-electron chi connectivity index (χ4n) is 1.59. The van der Waals surface area contributed by atoms with Crippen LogP contribution in [0.5, 0.6) is 0 Å². The summed E-state index contributed by atoms with van der Waals surface area (Å²) in [6, 6.07) is 2.01. The molecule has 3 heteroatoms. The Morgan fingerprint density at radius 2 is 2.29 bits per heavy atom. The van der Waals surface area contributed by atoms with Crippen molar-refractivity contribution in [3.05, 3.63) is 23.8 Å². The zero-order chi connectivity index (χ0) is 9.97. The molecule has 3 nitrogen and oxygen atoms in total. The molecule has 0 aliphatic carbocycles. The summed E-state index contributed by atoms with van der Waals surface area (Å²) in [5.41, 5.74) is 1.15. The van der Waals surface area contributed by atoms with Crippen molar-refractivity contribution in [1.82, 2.24) is 15.3 Å². The lowest BCUT2D eigenvalue weighted by molar-refractivity contribution is 0.340. The Bertz CT molecular complexity index is 305. The molecule has 1 N–H and O–H groups in total. The van der Waals surface area contributed by atoms with Gasteiger partial charge in [-0.25, -0.2) is 9.97 Å². The van der Waals surface area contributed by atoms with Gasteiger partial charge >= 0.3 is 0 Å². The van der Waals surface area contributed by atoms with E-state index in [2.05, 4.69) is 29.1 Å². The summed E-state index contributed by atoms with van der Waals surface area (Å²) < 4.78 is 0. The molecule has 1 aliphatic heterocycles. The molecule has 0 spiro atoms. The van der Waals surface area contributed by atoms with Crippen LogP contribution >= 0.6 is 0 Å². The second-order valence-electron chi connectivity index (χ2n) is 4.28. The summed E-state index contributed by atoms with van der Waals surface area (Å²) in [4.78, 5) is 8.86. The quantitative estimate of drug-likeness (QED) is 0.784. The SMILES string of the molecule is CC(C)c1ccnc(CC2CNC2)n1. The lowest BCUT2D eigenvalue weighted by atomic mass is 9.99. The molecule has 1 saturated heterocycles. The highest BCUT2D eigenvalue weighted by Gasteiger charge is 2.18. The van der Waals surface area contributed by atoms with Crippen molar-refractivity contribution < 1.29 is 0 Å². The van der Waals surface area contributed by atoms with Gasteiger partial charge in [-0.3, -0.25) is 0 Å². The summed E-state index contributed by atoms with van der Waals surface area (Å²) >= 11 is 0. The minimum Gasteiger partial charge on any atom is -0.316 e. The molecule has 0 amide bonds. The predicted molar refractivity (Wildman–Crippen MR) is 56.2 cm³/mol. The molecular formula is C11H17N3. The number of hydrogen-bond acceptors (Lipinski definition) is 3. The molecule has 0 aromatic carbocycles. The molecule has 14 heavy (non-hydrogen) atoms. The highest BCUT2D eigenvalue weighted by atomic mass is 15.0. The van der Waals surface area contributed by atoms with Crippen LogP contribution in [0.3, 0.4) is 0 Å². The van der Waals surface area contributed by atoms with Gasteiger partial charge < -0.3 is 5.32 Å². The minimum atomic E-state index is 0.497. The maximum absolute atomic E-state index is 4.56. The number of hydrogen-bond donors (Lipinski definition) is 1. The third kappa shape index (κ3) is 2.10. The zero-order valence-electron chi connectivity index (χ0n) is 8.83. The van der Waals surface area contributed by atoms with Gasteiger partial charge in [-0.1, -0.05) is 13.8 Å². The molecular weight excluding hydrogens is 174 g/mol. The van der Waals surface area contributed by atoms with Crippen LogP contribution in [0.25, 0.3) is 0 Å². The molecule has 2 rings (SSSR count). The maximum Gasteiger partial charge on any atom is 0.128 e. The number of aromatic nitrogens is 2. The minimum absolute atomic E-state index is 0.497. The fraction of sp³-hybridized carbons (Fsp3) is 0.636. The van der Waals surface area contributed by atoms with E-state index in [1.165, 1.54) is 0 Å². The maximum atomic E-state index is 4.56. The average Bonchev–Trinajstić information content (AvgIpc) is 2.12. The van der Waals surface area contributed by atoms with Crippen molar-refractivity contribution in [2.45, 2.75) is 26.2 Å². The third-order valence-corrected chi connectivity index (χ3v) is 2.66. The van der Waals surface area contributed by atoms with Crippen molar-refractivity contribution in [3.63, 3.8) is 0 Å². The van der Waals surface area contributed by atoms with Crippen LogP contribution in [-0.4, -0.2) is 23.1 Å². The Labute approximate surface area is 85.0 Å². The summed E-state index contributed by atoms with van der Waals surface area (Å²) in [5, 5.41) is 3.26. The number of rotatable bonds is 3. The average molecular weight is 191 g/mol. The first kappa shape index (κ1) is 9.59. The van der Waals surface area contributed by atoms with Gasteiger partial charge in [0.25, 0.3) is 0 Å². The van der Waals surface area contributed by atoms with E-state index in [-0.39, 0.29) is 0 Å². The van der Waals surface area contributed by atoms with Gasteiger partial charge in [0.05, 0.1) is 0 Å². The van der Waals surface area contributed by atoms with Gasteiger partial charge in [0.1, 0.15) is 5.82 Å². The van der Waals surface area contributed by atoms with E-state index in [0.717, 1.165) is 36.9 Å². The molecule has 0 bridgehead atoms. The summed E-state index contributed by atoms with van der Waals surface area (Å²) in [6.45, 7) is 6.57. The van der Waals surface area contributed by atoms with Crippen LogP contribution < -0.4 is 5.32 Å². The van der Waals surface area contributed by atoms with E-state index in [1.54, 1.807) is 0 Å². The van der Waals surface area contributed by atoms with Crippen molar-refractivity contribution in [2.24, 2.45) is 5.92 Å². The van der Waals surface area contributed by atoms with Gasteiger partial charge in [0.15, 0.2) is 0 Å². The predicted octanol–water partition coefficient (Wildman–Crippen LogP) is 1.36. The molecule has 1 aliphatic rings. The Balaban J connectivity index is 2.05. The van der Waals surface area contributed by atoms with E-state index < -0.39 is 0 Å². The number of nitrogens with zero attached hydrogens (tertiary/aromatic N) is 2. The Morgan fingerprint density at radius 1 is 1.50 bits per heavy atom. The van der Waals surface area contributed by atoms with Crippen LogP contribution in [0, 0.1) is 5.92 Å². The smallest absolute Gasteiger partial charge is 0.128 e. The van der Waals surface area contributed by atoms with Gasteiger partial charge in [-0.05, 0) is 31.0 Å². The van der Waals surface area contributed by atoms with Crippen LogP contribution in [0.4, 0.5) is 0 Å². The van der Waals surface area contributed by atoms with Gasteiger partial charge in [-0.15, -0.1) is 0 Å². The normalized spacial score (nSPS) is 17.1. The van der Waals surface area contributed by atoms with Crippen molar-refractivity contribution >= 4 is 0 Å².